The number of nitrogens with zero attached hydrogens (tertiary/aromatic N) is 5. The molecule has 0 amide bonds. The van der Waals surface area contributed by atoms with Gasteiger partial charge in [-0.25, -0.2) is 9.13 Å². The van der Waals surface area contributed by atoms with Crippen molar-refractivity contribution in [2.75, 3.05) is 0 Å². The maximum Gasteiger partial charge on any atom is 0.215 e. The summed E-state index contributed by atoms with van der Waals surface area (Å²) in [4.78, 5) is 0. The van der Waals surface area contributed by atoms with Crippen LogP contribution in [0, 0.1) is 110 Å². The van der Waals surface area contributed by atoms with E-state index in [9.17, 15) is 0 Å². The number of pyridine rings is 5. The van der Waals surface area contributed by atoms with Gasteiger partial charge in [0.1, 0.15) is 35.2 Å². The molecule has 5 aromatic heterocycles. The Kier molecular flexibility index (Phi) is 15.6. The van der Waals surface area contributed by atoms with Crippen LogP contribution in [0.1, 0.15) is 191 Å². The first-order valence-electron chi connectivity index (χ1n) is 41.8. The Bertz CT molecular complexity index is 5030. The largest absolute Gasteiger partial charge is 0.215 e. The fourth-order valence-electron chi connectivity index (χ4n) is 12.6. The van der Waals surface area contributed by atoms with Crippen molar-refractivity contribution >= 4 is 0 Å². The van der Waals surface area contributed by atoms with Gasteiger partial charge in [0.05, 0.1) is 0 Å². The Morgan fingerprint density at radius 1 is 0.330 bits per heavy atom. The topological polar surface area (TPSA) is 19.4 Å². The molecule has 12 rings (SSSR count). The minimum atomic E-state index is -2.52. The number of hydrogen-bond acceptors (Lipinski definition) is 0. The van der Waals surface area contributed by atoms with Gasteiger partial charge in [0.25, 0.3) is 0 Å². The van der Waals surface area contributed by atoms with Crippen molar-refractivity contribution < 1.29 is 50.3 Å². The van der Waals surface area contributed by atoms with Crippen LogP contribution in [0.25, 0.3) is 56.3 Å². The van der Waals surface area contributed by atoms with Crippen LogP contribution in [0.2, 0.25) is 0 Å². The van der Waals surface area contributed by atoms with Crippen molar-refractivity contribution in [1.29, 1.82) is 0 Å². The first-order chi connectivity index (χ1) is 51.3. The van der Waals surface area contributed by atoms with Crippen LogP contribution < -0.4 is 22.8 Å². The zero-order chi connectivity index (χ0) is 82.8. The molecule has 2 aliphatic rings. The Labute approximate surface area is 578 Å². The molecular weight excluding hydrogens is 1100 g/mol. The number of aromatic nitrogens is 5. The zero-order valence-corrected chi connectivity index (χ0v) is 56.5. The van der Waals surface area contributed by atoms with Crippen LogP contribution in [0.15, 0.2) is 164 Å². The summed E-state index contributed by atoms with van der Waals surface area (Å²) in [6.45, 7) is 5.12. The average molecular weight is 1230 g/mol. The van der Waals surface area contributed by atoms with Crippen molar-refractivity contribution in [1.82, 2.24) is 0 Å². The average Bonchev–Trinajstić information content (AvgIpc) is 1.41. The molecule has 0 saturated heterocycles. The summed E-state index contributed by atoms with van der Waals surface area (Å²) in [7, 11) is 9.03. The molecule has 0 N–H and O–H groups in total. The molecule has 10 aromatic rings. The molecular formula is C86H108N5+5. The van der Waals surface area contributed by atoms with Crippen LogP contribution in [0.3, 0.4) is 0 Å². The van der Waals surface area contributed by atoms with E-state index in [0.29, 0.717) is 33.6 Å². The minimum absolute atomic E-state index is 0.0696. The highest BCUT2D eigenvalue weighted by atomic mass is 15.0. The van der Waals surface area contributed by atoms with Crippen molar-refractivity contribution in [3.05, 3.63) is 265 Å². The molecule has 5 nitrogen and oxygen atoms in total. The molecule has 0 unspecified atom stereocenters. The summed E-state index contributed by atoms with van der Waals surface area (Å²) in [5, 5.41) is 0. The Balaban J connectivity index is 0.000000175. The van der Waals surface area contributed by atoms with Crippen molar-refractivity contribution in [2.45, 2.75) is 174 Å². The van der Waals surface area contributed by atoms with Crippen molar-refractivity contribution in [3.63, 3.8) is 0 Å². The van der Waals surface area contributed by atoms with Gasteiger partial charge in [-0.15, -0.1) is 0 Å². The highest BCUT2D eigenvalue weighted by molar-refractivity contribution is 5.67. The van der Waals surface area contributed by atoms with Gasteiger partial charge in [-0.05, 0) is 213 Å². The monoisotopic (exact) mass is 1230 g/mol. The van der Waals surface area contributed by atoms with E-state index in [1.807, 2.05) is 150 Å². The lowest BCUT2D eigenvalue weighted by atomic mass is 9.92. The quantitative estimate of drug-likeness (QED) is 0.142. The second-order valence-electron chi connectivity index (χ2n) is 24.9. The number of benzene rings is 5. The molecule has 472 valence electrons. The summed E-state index contributed by atoms with van der Waals surface area (Å²) in [6, 6.07) is 49.6. The van der Waals surface area contributed by atoms with Gasteiger partial charge in [-0.2, -0.15) is 13.7 Å². The summed E-state index contributed by atoms with van der Waals surface area (Å²) < 4.78 is 167. The number of aryl methyl sites for hydroxylation is 12. The van der Waals surface area contributed by atoms with E-state index < -0.39 is 47.0 Å². The van der Waals surface area contributed by atoms with Gasteiger partial charge in [-0.3, -0.25) is 0 Å². The maximum absolute atomic E-state index is 8.87. The van der Waals surface area contributed by atoms with E-state index in [1.165, 1.54) is 49.9 Å². The number of rotatable bonds is 7. The predicted molar refractivity (Wildman–Crippen MR) is 383 cm³/mol. The Morgan fingerprint density at radius 3 is 1.21 bits per heavy atom. The zero-order valence-electron chi connectivity index (χ0n) is 76.5. The van der Waals surface area contributed by atoms with E-state index in [-0.39, 0.29) is 28.4 Å². The van der Waals surface area contributed by atoms with Gasteiger partial charge >= 0.3 is 0 Å². The molecule has 2 aliphatic carbocycles. The second-order valence-corrected chi connectivity index (χ2v) is 24.9. The lowest BCUT2D eigenvalue weighted by molar-refractivity contribution is -0.667. The standard InChI is InChI=1S/2C19H24N.C17H22N.C16H20N.C15H18N/c1-14-8-4-7-11-17(14)19-12-18(15(2)13-20(19)3)16-9-5-6-10-16;1-14-8-4-7-11-17(14)19-12-15(2)18(13-20(19)3)16-9-5-6-10-16;1-11-9-7-8-10-16(11)17-14(4)12(2)13(3)15(5)18(17)6;1-11-8-6-7-9-15(11)16-10-12(2)13(3)14(4)17(16)5;1-11-9-13(3)16(4)15(10-11)14-8-6-5-7-12(14)2/h2*4,7-8,11-13,16H,5-6,9-10H2,1-3H3;7-10H,1-6H3;6-10H,1-5H3;5-10H,1-4H3/q5*+1/i2D3,16D;16D;3D3,5D3;3D3,4D3;3D3. The first kappa shape index (κ1) is 46.0. The molecule has 2 saturated carbocycles. The molecule has 91 heavy (non-hydrogen) atoms. The summed E-state index contributed by atoms with van der Waals surface area (Å²) in [6.07, 6.45) is 11.7. The van der Waals surface area contributed by atoms with Crippen molar-refractivity contribution in [2.24, 2.45) is 35.2 Å². The van der Waals surface area contributed by atoms with E-state index in [1.54, 1.807) is 50.8 Å². The van der Waals surface area contributed by atoms with Crippen LogP contribution in [-0.2, 0) is 35.2 Å². The molecule has 0 bridgehead atoms. The van der Waals surface area contributed by atoms with E-state index in [2.05, 4.69) is 81.0 Å². The Morgan fingerprint density at radius 2 is 0.747 bits per heavy atom. The third-order valence-electron chi connectivity index (χ3n) is 18.3. The molecule has 5 aromatic carbocycles. The summed E-state index contributed by atoms with van der Waals surface area (Å²) >= 11 is 0. The van der Waals surface area contributed by atoms with Gasteiger partial charge in [0, 0.05) is 134 Å². The third kappa shape index (κ3) is 16.0. The SMILES string of the molecule is [2H]C([2H])([2H])c1c(C)c(C)c(-c2ccccc2C)[n+](C)c1C([2H])([2H])[2H].[2H]C([2H])([2H])c1c(C)cc(-c2ccccc2C)[n+](C)c1C([2H])([2H])[2H].[2H]C([2H])([2H])c1c[n+](C)c(-c2ccccc2C)cc1C1([2H])CCCC1.[2H]C([2H])([2H])c1cc(C)cc(-c2ccccc2C)[n+]1C.[2H]C1(c2c[n+](C)c(-c3ccccc3C)cc2C)CCCC1. The van der Waals surface area contributed by atoms with Gasteiger partial charge in [0.2, 0.25) is 28.5 Å². The van der Waals surface area contributed by atoms with E-state index >= 15 is 0 Å². The first-order valence-corrected chi connectivity index (χ1v) is 31.8. The van der Waals surface area contributed by atoms with Crippen LogP contribution >= 0.6 is 0 Å². The van der Waals surface area contributed by atoms with Gasteiger partial charge in [-0.1, -0.05) is 117 Å². The molecule has 0 radical (unpaired) electrons. The number of hydrogen-bond donors (Lipinski definition) is 0. The molecule has 0 spiro atoms. The van der Waals surface area contributed by atoms with E-state index in [4.69, 9.17) is 27.4 Å². The summed E-state index contributed by atoms with van der Waals surface area (Å²) in [5.74, 6) is -1.15. The molecule has 2 fully saturated rings. The lowest BCUT2D eigenvalue weighted by Gasteiger charge is -2.14. The maximum atomic E-state index is 8.87. The van der Waals surface area contributed by atoms with Crippen molar-refractivity contribution in [3.8, 4) is 56.3 Å². The molecule has 5 heteroatoms. The highest BCUT2D eigenvalue weighted by Crippen LogP contribution is 2.38. The van der Waals surface area contributed by atoms with Crippen LogP contribution in [0.5, 0.6) is 0 Å². The summed E-state index contributed by atoms with van der Waals surface area (Å²) in [5.41, 5.74) is 21.5. The normalized spacial score (nSPS) is 17.7. The molecule has 5 heterocycles. The van der Waals surface area contributed by atoms with Gasteiger partial charge < -0.3 is 0 Å². The fraction of sp³-hybridized carbons (Fsp3) is 0.360. The lowest BCUT2D eigenvalue weighted by Crippen LogP contribution is -2.37. The Hall–Kier alpha value is -8.15. The highest BCUT2D eigenvalue weighted by Gasteiger charge is 2.27. The van der Waals surface area contributed by atoms with E-state index in [0.717, 1.165) is 111 Å². The van der Waals surface area contributed by atoms with Crippen LogP contribution in [0.4, 0.5) is 0 Å². The molecule has 0 aliphatic heterocycles. The third-order valence-corrected chi connectivity index (χ3v) is 18.3. The minimum Gasteiger partial charge on any atom is -0.201 e. The molecule has 0 atom stereocenters. The smallest absolute Gasteiger partial charge is 0.201 e. The predicted octanol–water partition coefficient (Wildman–Crippen LogP) is 19.1. The van der Waals surface area contributed by atoms with Gasteiger partial charge in [0.15, 0.2) is 29.5 Å². The van der Waals surface area contributed by atoms with Crippen LogP contribution in [-0.4, -0.2) is 0 Å². The second kappa shape index (κ2) is 30.8. The fourth-order valence-corrected chi connectivity index (χ4v) is 12.6.